The number of alkyl carbamates (subject to hydrolysis) is 1. The molecule has 0 bridgehead atoms. The number of halogens is 1. The third-order valence-corrected chi connectivity index (χ3v) is 6.85. The number of carbonyl (C=O) groups is 3. The van der Waals surface area contributed by atoms with E-state index in [1.54, 1.807) is 12.1 Å². The van der Waals surface area contributed by atoms with Crippen LogP contribution in [0.5, 0.6) is 0 Å². The third kappa shape index (κ3) is 8.30. The van der Waals surface area contributed by atoms with Gasteiger partial charge in [-0.15, -0.1) is 0 Å². The summed E-state index contributed by atoms with van der Waals surface area (Å²) in [5.41, 5.74) is 2.70. The van der Waals surface area contributed by atoms with Crippen LogP contribution in [0.4, 0.5) is 4.79 Å². The molecule has 1 aliphatic rings. The average Bonchev–Trinajstić information content (AvgIpc) is 3.39. The van der Waals surface area contributed by atoms with Crippen LogP contribution < -0.4 is 5.32 Å². The summed E-state index contributed by atoms with van der Waals surface area (Å²) in [6, 6.07) is 23.9. The number of rotatable bonds is 11. The minimum Gasteiger partial charge on any atom is -0.480 e. The average molecular weight is 551 g/mol. The first-order valence-electron chi connectivity index (χ1n) is 12.8. The van der Waals surface area contributed by atoms with E-state index >= 15 is 0 Å². The zero-order valence-corrected chi connectivity index (χ0v) is 22.1. The molecule has 9 heteroatoms. The quantitative estimate of drug-likeness (QED) is 0.354. The number of nitrogens with one attached hydrogen (secondary N) is 1. The predicted octanol–water partition coefficient (Wildman–Crippen LogP) is 4.84. The van der Waals surface area contributed by atoms with Crippen molar-refractivity contribution in [3.63, 3.8) is 0 Å². The lowest BCUT2D eigenvalue weighted by atomic mass is 10.0. The topological polar surface area (TPSA) is 105 Å². The summed E-state index contributed by atoms with van der Waals surface area (Å²) < 4.78 is 11.3. The fourth-order valence-corrected chi connectivity index (χ4v) is 4.64. The Morgan fingerprint density at radius 1 is 0.897 bits per heavy atom. The van der Waals surface area contributed by atoms with Crippen molar-refractivity contribution in [2.75, 3.05) is 6.54 Å². The largest absolute Gasteiger partial charge is 0.480 e. The van der Waals surface area contributed by atoms with Crippen LogP contribution in [0.2, 0.25) is 5.02 Å². The molecule has 3 aromatic carbocycles. The molecular formula is C30H31ClN2O6. The number of carbonyl (C=O) groups excluding carboxylic acids is 2. The van der Waals surface area contributed by atoms with Crippen LogP contribution in [-0.2, 0) is 38.7 Å². The number of hydrogen-bond donors (Lipinski definition) is 2. The van der Waals surface area contributed by atoms with Crippen LogP contribution in [0.25, 0.3) is 0 Å². The van der Waals surface area contributed by atoms with Crippen molar-refractivity contribution < 1.29 is 29.0 Å². The third-order valence-electron chi connectivity index (χ3n) is 6.60. The van der Waals surface area contributed by atoms with Gasteiger partial charge in [0.2, 0.25) is 5.91 Å². The molecule has 1 heterocycles. The maximum atomic E-state index is 13.7. The molecule has 3 atom stereocenters. The number of carboxylic acids is 1. The molecular weight excluding hydrogens is 520 g/mol. The zero-order valence-electron chi connectivity index (χ0n) is 21.4. The van der Waals surface area contributed by atoms with Crippen LogP contribution in [0, 0.1) is 0 Å². The van der Waals surface area contributed by atoms with Crippen molar-refractivity contribution in [2.24, 2.45) is 0 Å². The number of nitrogens with zero attached hydrogens (tertiary/aromatic N) is 1. The molecule has 1 saturated heterocycles. The van der Waals surface area contributed by atoms with Crippen molar-refractivity contribution in [1.82, 2.24) is 10.2 Å². The van der Waals surface area contributed by atoms with Crippen LogP contribution >= 0.6 is 11.6 Å². The lowest BCUT2D eigenvalue weighted by Gasteiger charge is -2.27. The normalized spacial score (nSPS) is 17.4. The van der Waals surface area contributed by atoms with E-state index in [9.17, 15) is 19.5 Å². The zero-order chi connectivity index (χ0) is 27.6. The van der Waals surface area contributed by atoms with E-state index in [0.29, 0.717) is 11.4 Å². The van der Waals surface area contributed by atoms with E-state index in [0.717, 1.165) is 16.7 Å². The Balaban J connectivity index is 1.43. The van der Waals surface area contributed by atoms with E-state index in [4.69, 9.17) is 21.1 Å². The Kier molecular flexibility index (Phi) is 9.94. The highest BCUT2D eigenvalue weighted by Crippen LogP contribution is 2.24. The Morgan fingerprint density at radius 2 is 1.51 bits per heavy atom. The summed E-state index contributed by atoms with van der Waals surface area (Å²) in [6.45, 7) is 0.415. The number of hydrogen-bond acceptors (Lipinski definition) is 5. The lowest BCUT2D eigenvalue weighted by Crippen LogP contribution is -2.52. The molecule has 1 fully saturated rings. The molecule has 8 nitrogen and oxygen atoms in total. The SMILES string of the molecule is O=C(N[C@H](CCc1ccccc1)C(=O)N1C[C@H](OCc2ccc(Cl)cc2)C[C@H]1C(=O)O)OCc1ccccc1. The van der Waals surface area contributed by atoms with Crippen molar-refractivity contribution in [2.45, 2.75) is 50.7 Å². The first-order chi connectivity index (χ1) is 18.9. The standard InChI is InChI=1S/C30H31ClN2O6/c31-24-14-11-23(12-15-24)19-38-25-17-27(29(35)36)33(18-25)28(34)26(16-13-21-7-3-1-4-8-21)32-30(37)39-20-22-9-5-2-6-10-22/h1-12,14-15,25-27H,13,16-20H2,(H,32,37)(H,35,36)/t25-,26-,27+/m1/s1. The molecule has 204 valence electrons. The van der Waals surface area contributed by atoms with Gasteiger partial charge in [-0.2, -0.15) is 0 Å². The van der Waals surface area contributed by atoms with Gasteiger partial charge in [0.15, 0.2) is 0 Å². The first kappa shape index (κ1) is 28.1. The second kappa shape index (κ2) is 13.8. The molecule has 39 heavy (non-hydrogen) atoms. The van der Waals surface area contributed by atoms with Gasteiger partial charge in [-0.25, -0.2) is 9.59 Å². The van der Waals surface area contributed by atoms with E-state index in [-0.39, 0.29) is 32.6 Å². The molecule has 3 aromatic rings. The van der Waals surface area contributed by atoms with Crippen molar-refractivity contribution in [3.05, 3.63) is 107 Å². The maximum absolute atomic E-state index is 13.7. The highest BCUT2D eigenvalue weighted by Gasteiger charge is 2.42. The molecule has 2 amide bonds. The van der Waals surface area contributed by atoms with Crippen LogP contribution in [-0.4, -0.2) is 52.7 Å². The molecule has 0 aromatic heterocycles. The van der Waals surface area contributed by atoms with Gasteiger partial charge in [0, 0.05) is 18.0 Å². The van der Waals surface area contributed by atoms with Gasteiger partial charge >= 0.3 is 12.1 Å². The fourth-order valence-electron chi connectivity index (χ4n) is 4.51. The molecule has 0 radical (unpaired) electrons. The molecule has 0 spiro atoms. The second-order valence-corrected chi connectivity index (χ2v) is 9.86. The van der Waals surface area contributed by atoms with Gasteiger partial charge in [0.1, 0.15) is 18.7 Å². The first-order valence-corrected chi connectivity index (χ1v) is 13.2. The Bertz CT molecular complexity index is 1240. The summed E-state index contributed by atoms with van der Waals surface area (Å²) in [5, 5.41) is 13.2. The van der Waals surface area contributed by atoms with Crippen LogP contribution in [0.1, 0.15) is 29.5 Å². The van der Waals surface area contributed by atoms with E-state index in [2.05, 4.69) is 5.32 Å². The van der Waals surface area contributed by atoms with Crippen molar-refractivity contribution >= 4 is 29.6 Å². The molecule has 4 rings (SSSR count). The molecule has 0 unspecified atom stereocenters. The number of amides is 2. The Morgan fingerprint density at radius 3 is 2.15 bits per heavy atom. The summed E-state index contributed by atoms with van der Waals surface area (Å²) in [4.78, 5) is 39.7. The number of aryl methyl sites for hydroxylation is 1. The highest BCUT2D eigenvalue weighted by molar-refractivity contribution is 6.30. The summed E-state index contributed by atoms with van der Waals surface area (Å²) >= 11 is 5.94. The van der Waals surface area contributed by atoms with Gasteiger partial charge in [-0.3, -0.25) is 4.79 Å². The molecule has 2 N–H and O–H groups in total. The molecule has 1 aliphatic heterocycles. The monoisotopic (exact) mass is 550 g/mol. The van der Waals surface area contributed by atoms with Gasteiger partial charge in [-0.05, 0) is 41.7 Å². The predicted molar refractivity (Wildman–Crippen MR) is 146 cm³/mol. The Labute approximate surface area is 232 Å². The molecule has 0 saturated carbocycles. The van der Waals surface area contributed by atoms with Crippen molar-refractivity contribution in [3.8, 4) is 0 Å². The number of ether oxygens (including phenoxy) is 2. The minimum atomic E-state index is -1.12. The number of carboxylic acid groups (broad SMARTS) is 1. The van der Waals surface area contributed by atoms with E-state index in [1.807, 2.05) is 72.8 Å². The second-order valence-electron chi connectivity index (χ2n) is 9.42. The van der Waals surface area contributed by atoms with Crippen molar-refractivity contribution in [1.29, 1.82) is 0 Å². The number of benzene rings is 3. The van der Waals surface area contributed by atoms with Gasteiger partial charge in [0.05, 0.1) is 12.7 Å². The van der Waals surface area contributed by atoms with Crippen LogP contribution in [0.3, 0.4) is 0 Å². The minimum absolute atomic E-state index is 0.0499. The van der Waals surface area contributed by atoms with Gasteiger partial charge < -0.3 is 24.8 Å². The van der Waals surface area contributed by atoms with E-state index < -0.39 is 36.2 Å². The fraction of sp³-hybridized carbons (Fsp3) is 0.300. The molecule has 0 aliphatic carbocycles. The Hall–Kier alpha value is -3.88. The van der Waals surface area contributed by atoms with E-state index in [1.165, 1.54) is 4.90 Å². The summed E-state index contributed by atoms with van der Waals surface area (Å²) in [5.74, 6) is -1.60. The van der Waals surface area contributed by atoms with Gasteiger partial charge in [0.25, 0.3) is 0 Å². The summed E-state index contributed by atoms with van der Waals surface area (Å²) in [7, 11) is 0. The smallest absolute Gasteiger partial charge is 0.408 e. The lowest BCUT2D eigenvalue weighted by molar-refractivity contribution is -0.149. The van der Waals surface area contributed by atoms with Gasteiger partial charge in [-0.1, -0.05) is 84.4 Å². The number of aliphatic carboxylic acids is 1. The summed E-state index contributed by atoms with van der Waals surface area (Å²) in [6.07, 6.45) is -0.267. The number of likely N-dealkylation sites (tertiary alicyclic amines) is 1. The highest BCUT2D eigenvalue weighted by atomic mass is 35.5. The maximum Gasteiger partial charge on any atom is 0.408 e. The van der Waals surface area contributed by atoms with Crippen LogP contribution in [0.15, 0.2) is 84.9 Å².